The third-order valence-corrected chi connectivity index (χ3v) is 7.23. The lowest BCUT2D eigenvalue weighted by molar-refractivity contribution is -0.137. The van der Waals surface area contributed by atoms with Crippen molar-refractivity contribution >= 4 is 35.2 Å². The SMILES string of the molecule is COc1ccc(OC)c(CNC(=O)C2CCN(C(=O)[C@@H]3Sc4ccccc4NC3=O)CC2)c1. The summed E-state index contributed by atoms with van der Waals surface area (Å²) in [6, 6.07) is 12.9. The summed E-state index contributed by atoms with van der Waals surface area (Å²) in [5, 5.41) is 4.99. The molecule has 0 aliphatic carbocycles. The second kappa shape index (κ2) is 10.2. The predicted molar refractivity (Wildman–Crippen MR) is 125 cm³/mol. The summed E-state index contributed by atoms with van der Waals surface area (Å²) in [6.07, 6.45) is 1.12. The van der Waals surface area contributed by atoms with Crippen molar-refractivity contribution in [2.24, 2.45) is 5.92 Å². The van der Waals surface area contributed by atoms with Gasteiger partial charge < -0.3 is 25.0 Å². The first-order chi connectivity index (χ1) is 16.0. The number of nitrogens with zero attached hydrogens (tertiary/aromatic N) is 1. The monoisotopic (exact) mass is 469 g/mol. The van der Waals surface area contributed by atoms with E-state index >= 15 is 0 Å². The average Bonchev–Trinajstić information content (AvgIpc) is 2.86. The molecular formula is C24H27N3O5S. The van der Waals surface area contributed by atoms with Crippen LogP contribution in [0.15, 0.2) is 47.4 Å². The van der Waals surface area contributed by atoms with Gasteiger partial charge in [-0.2, -0.15) is 0 Å². The van der Waals surface area contributed by atoms with E-state index < -0.39 is 5.25 Å². The van der Waals surface area contributed by atoms with Crippen molar-refractivity contribution in [3.8, 4) is 11.5 Å². The molecule has 0 bridgehead atoms. The van der Waals surface area contributed by atoms with Crippen LogP contribution in [0.5, 0.6) is 11.5 Å². The van der Waals surface area contributed by atoms with Crippen LogP contribution in [0, 0.1) is 5.92 Å². The van der Waals surface area contributed by atoms with Crippen LogP contribution in [-0.2, 0) is 20.9 Å². The zero-order valence-electron chi connectivity index (χ0n) is 18.6. The molecule has 0 unspecified atom stereocenters. The average molecular weight is 470 g/mol. The quantitative estimate of drug-likeness (QED) is 0.632. The number of hydrogen-bond donors (Lipinski definition) is 2. The highest BCUT2D eigenvalue weighted by Crippen LogP contribution is 2.36. The number of thioether (sulfide) groups is 1. The fourth-order valence-electron chi connectivity index (χ4n) is 4.09. The van der Waals surface area contributed by atoms with Crippen molar-refractivity contribution in [2.75, 3.05) is 32.6 Å². The Labute approximate surface area is 197 Å². The maximum atomic E-state index is 13.0. The maximum Gasteiger partial charge on any atom is 0.247 e. The molecule has 0 radical (unpaired) electrons. The van der Waals surface area contributed by atoms with Crippen LogP contribution in [0.4, 0.5) is 5.69 Å². The van der Waals surface area contributed by atoms with E-state index in [2.05, 4.69) is 10.6 Å². The van der Waals surface area contributed by atoms with Crippen molar-refractivity contribution in [1.29, 1.82) is 0 Å². The molecule has 174 valence electrons. The van der Waals surface area contributed by atoms with E-state index in [0.717, 1.165) is 16.1 Å². The van der Waals surface area contributed by atoms with Gasteiger partial charge in [-0.15, -0.1) is 11.8 Å². The molecule has 9 heteroatoms. The Morgan fingerprint density at radius 2 is 1.88 bits per heavy atom. The molecule has 2 aromatic carbocycles. The molecule has 2 aliphatic rings. The van der Waals surface area contributed by atoms with E-state index in [4.69, 9.17) is 9.47 Å². The first-order valence-corrected chi connectivity index (χ1v) is 11.7. The van der Waals surface area contributed by atoms with Crippen molar-refractivity contribution < 1.29 is 23.9 Å². The molecule has 0 aromatic heterocycles. The normalized spacial score (nSPS) is 18.2. The Hall–Kier alpha value is -3.20. The Morgan fingerprint density at radius 1 is 1.12 bits per heavy atom. The first-order valence-electron chi connectivity index (χ1n) is 10.8. The third kappa shape index (κ3) is 5.08. The molecule has 1 atom stereocenters. The number of likely N-dealkylation sites (tertiary alicyclic amines) is 1. The first kappa shape index (κ1) is 23.0. The minimum absolute atomic E-state index is 0.0503. The third-order valence-electron chi connectivity index (χ3n) is 5.97. The maximum absolute atomic E-state index is 13.0. The standard InChI is InChI=1S/C24H27N3O5S/c1-31-17-7-8-19(32-2)16(13-17)14-25-22(28)15-9-11-27(12-10-15)24(30)21-23(29)26-18-5-3-4-6-20(18)33-21/h3-8,13,15,21H,9-12,14H2,1-2H3,(H,25,28)(H,26,29)/t21-/m1/s1. The topological polar surface area (TPSA) is 97.0 Å². The second-order valence-electron chi connectivity index (χ2n) is 7.98. The molecule has 2 heterocycles. The summed E-state index contributed by atoms with van der Waals surface area (Å²) < 4.78 is 10.6. The number of para-hydroxylation sites is 1. The molecule has 4 rings (SSSR count). The van der Waals surface area contributed by atoms with Crippen LogP contribution in [-0.4, -0.2) is 55.2 Å². The number of piperidine rings is 1. The Kier molecular flexibility index (Phi) is 7.08. The highest BCUT2D eigenvalue weighted by Gasteiger charge is 2.37. The number of rotatable bonds is 6. The fourth-order valence-corrected chi connectivity index (χ4v) is 5.16. The van der Waals surface area contributed by atoms with Gasteiger partial charge in [0.15, 0.2) is 5.25 Å². The van der Waals surface area contributed by atoms with E-state index in [0.29, 0.717) is 44.0 Å². The van der Waals surface area contributed by atoms with E-state index in [1.165, 1.54) is 11.8 Å². The van der Waals surface area contributed by atoms with Crippen molar-refractivity contribution in [3.63, 3.8) is 0 Å². The Balaban J connectivity index is 1.30. The molecule has 8 nitrogen and oxygen atoms in total. The number of hydrogen-bond acceptors (Lipinski definition) is 6. The summed E-state index contributed by atoms with van der Waals surface area (Å²) in [4.78, 5) is 40.8. The molecule has 2 aliphatic heterocycles. The highest BCUT2D eigenvalue weighted by atomic mass is 32.2. The van der Waals surface area contributed by atoms with E-state index in [-0.39, 0.29) is 23.6 Å². The molecule has 0 spiro atoms. The van der Waals surface area contributed by atoms with Crippen molar-refractivity contribution in [3.05, 3.63) is 48.0 Å². The largest absolute Gasteiger partial charge is 0.497 e. The van der Waals surface area contributed by atoms with Gasteiger partial charge in [-0.3, -0.25) is 14.4 Å². The van der Waals surface area contributed by atoms with E-state index in [1.54, 1.807) is 25.2 Å². The van der Waals surface area contributed by atoms with Crippen molar-refractivity contribution in [2.45, 2.75) is 29.5 Å². The zero-order chi connectivity index (χ0) is 23.4. The van der Waals surface area contributed by atoms with Gasteiger partial charge in [0.2, 0.25) is 17.7 Å². The molecule has 0 saturated carbocycles. The van der Waals surface area contributed by atoms with Gasteiger partial charge in [0, 0.05) is 36.0 Å². The number of carbonyl (C=O) groups excluding carboxylic acids is 3. The molecule has 2 N–H and O–H groups in total. The number of carbonyl (C=O) groups is 3. The molecule has 2 aromatic rings. The van der Waals surface area contributed by atoms with Gasteiger partial charge in [-0.1, -0.05) is 12.1 Å². The molecule has 3 amide bonds. The zero-order valence-corrected chi connectivity index (χ0v) is 19.4. The number of amides is 3. The van der Waals surface area contributed by atoms with Crippen LogP contribution >= 0.6 is 11.8 Å². The van der Waals surface area contributed by atoms with Gasteiger partial charge in [-0.05, 0) is 43.2 Å². The minimum Gasteiger partial charge on any atom is -0.497 e. The smallest absolute Gasteiger partial charge is 0.247 e. The van der Waals surface area contributed by atoms with Crippen LogP contribution in [0.3, 0.4) is 0 Å². The number of anilines is 1. The van der Waals surface area contributed by atoms with Crippen LogP contribution < -0.4 is 20.1 Å². The summed E-state index contributed by atoms with van der Waals surface area (Å²) in [5.74, 6) is 0.646. The molecule has 33 heavy (non-hydrogen) atoms. The van der Waals surface area contributed by atoms with Gasteiger partial charge in [0.05, 0.1) is 19.9 Å². The fraction of sp³-hybridized carbons (Fsp3) is 0.375. The number of benzene rings is 2. The summed E-state index contributed by atoms with van der Waals surface area (Å²) in [5.41, 5.74) is 1.57. The highest BCUT2D eigenvalue weighted by molar-refractivity contribution is 8.01. The van der Waals surface area contributed by atoms with Crippen LogP contribution in [0.1, 0.15) is 18.4 Å². The summed E-state index contributed by atoms with van der Waals surface area (Å²) in [7, 11) is 3.18. The lowest BCUT2D eigenvalue weighted by Crippen LogP contribution is -2.49. The lowest BCUT2D eigenvalue weighted by Gasteiger charge is -2.34. The number of ether oxygens (including phenoxy) is 2. The number of methoxy groups -OCH3 is 2. The number of nitrogens with one attached hydrogen (secondary N) is 2. The predicted octanol–water partition coefficient (Wildman–Crippen LogP) is 2.67. The van der Waals surface area contributed by atoms with Crippen LogP contribution in [0.25, 0.3) is 0 Å². The minimum atomic E-state index is -0.800. The number of fused-ring (bicyclic) bond motifs is 1. The van der Waals surface area contributed by atoms with Gasteiger partial charge >= 0.3 is 0 Å². The summed E-state index contributed by atoms with van der Waals surface area (Å²) >= 11 is 1.28. The summed E-state index contributed by atoms with van der Waals surface area (Å²) in [6.45, 7) is 1.23. The Bertz CT molecular complexity index is 1050. The van der Waals surface area contributed by atoms with Crippen LogP contribution in [0.2, 0.25) is 0 Å². The second-order valence-corrected chi connectivity index (χ2v) is 9.13. The van der Waals surface area contributed by atoms with Gasteiger partial charge in [0.25, 0.3) is 0 Å². The Morgan fingerprint density at radius 3 is 2.61 bits per heavy atom. The van der Waals surface area contributed by atoms with Gasteiger partial charge in [0.1, 0.15) is 11.5 Å². The van der Waals surface area contributed by atoms with Gasteiger partial charge in [-0.25, -0.2) is 0 Å². The van der Waals surface area contributed by atoms with Crippen molar-refractivity contribution in [1.82, 2.24) is 10.2 Å². The molecular weight excluding hydrogens is 442 g/mol. The molecule has 1 saturated heterocycles. The van der Waals surface area contributed by atoms with E-state index in [9.17, 15) is 14.4 Å². The molecule has 1 fully saturated rings. The van der Waals surface area contributed by atoms with E-state index in [1.807, 2.05) is 36.4 Å². The lowest BCUT2D eigenvalue weighted by atomic mass is 9.95.